The van der Waals surface area contributed by atoms with Gasteiger partial charge in [0.05, 0.1) is 12.1 Å². The summed E-state index contributed by atoms with van der Waals surface area (Å²) >= 11 is 0. The van der Waals surface area contributed by atoms with Gasteiger partial charge in [-0.25, -0.2) is 9.78 Å². The van der Waals surface area contributed by atoms with E-state index in [1.54, 1.807) is 0 Å². The second kappa shape index (κ2) is 8.48. The molecule has 4 rings (SSSR count). The predicted octanol–water partition coefficient (Wildman–Crippen LogP) is 5.56. The molecule has 0 atom stereocenters. The molecule has 4 nitrogen and oxygen atoms in total. The number of aryl methyl sites for hydroxylation is 3. The first-order chi connectivity index (χ1) is 14.2. The van der Waals surface area contributed by atoms with Crippen LogP contribution in [0, 0.1) is 0 Å². The Balaban J connectivity index is 1.83. The molecule has 0 aliphatic rings. The van der Waals surface area contributed by atoms with Crippen LogP contribution in [-0.2, 0) is 24.1 Å². The first-order valence-electron chi connectivity index (χ1n) is 10.3. The summed E-state index contributed by atoms with van der Waals surface area (Å²) in [6, 6.07) is 21.0. The van der Waals surface area contributed by atoms with Gasteiger partial charge in [-0.15, -0.1) is 0 Å². The topological polar surface area (TPSA) is 44.1 Å². The van der Waals surface area contributed by atoms with Gasteiger partial charge in [0.15, 0.2) is 5.69 Å². The summed E-state index contributed by atoms with van der Waals surface area (Å²) in [5, 5.41) is 2.24. The van der Waals surface area contributed by atoms with E-state index in [1.807, 2.05) is 25.1 Å². The molecule has 0 aliphatic heterocycles. The summed E-state index contributed by atoms with van der Waals surface area (Å²) in [4.78, 5) is 17.4. The lowest BCUT2D eigenvalue weighted by Gasteiger charge is -2.11. The highest BCUT2D eigenvalue weighted by Crippen LogP contribution is 2.32. The molecule has 0 aliphatic carbocycles. The molecule has 0 spiro atoms. The highest BCUT2D eigenvalue weighted by atomic mass is 16.5. The van der Waals surface area contributed by atoms with Gasteiger partial charge in [0.1, 0.15) is 0 Å². The zero-order valence-electron chi connectivity index (χ0n) is 17.0. The number of carbonyl (C=O) groups excluding carboxylic acids is 1. The molecule has 0 saturated carbocycles. The number of carbonyl (C=O) groups is 1. The number of esters is 1. The summed E-state index contributed by atoms with van der Waals surface area (Å²) in [5.74, 6) is -0.347. The van der Waals surface area contributed by atoms with Crippen molar-refractivity contribution < 1.29 is 9.53 Å². The highest BCUT2D eigenvalue weighted by molar-refractivity contribution is 6.13. The van der Waals surface area contributed by atoms with E-state index in [0.717, 1.165) is 53.3 Å². The number of hydrogen-bond acceptors (Lipinski definition) is 3. The van der Waals surface area contributed by atoms with Gasteiger partial charge in [0, 0.05) is 28.5 Å². The Morgan fingerprint density at radius 2 is 1.76 bits per heavy atom. The molecule has 2 aromatic heterocycles. The Hall–Kier alpha value is -3.14. The molecule has 0 bridgehead atoms. The number of benzene rings is 2. The molecule has 0 N–H and O–H groups in total. The van der Waals surface area contributed by atoms with Crippen LogP contribution in [0.15, 0.2) is 60.7 Å². The lowest BCUT2D eigenvalue weighted by atomic mass is 10.1. The third kappa shape index (κ3) is 3.75. The van der Waals surface area contributed by atoms with Gasteiger partial charge in [-0.1, -0.05) is 55.5 Å². The number of fused-ring (bicyclic) bond motifs is 3. The summed E-state index contributed by atoms with van der Waals surface area (Å²) in [7, 11) is 0. The second-order valence-electron chi connectivity index (χ2n) is 7.19. The van der Waals surface area contributed by atoms with Crippen molar-refractivity contribution in [2.75, 3.05) is 6.61 Å². The Bertz CT molecular complexity index is 1150. The Kier molecular flexibility index (Phi) is 5.61. The lowest BCUT2D eigenvalue weighted by Crippen LogP contribution is -2.12. The molecular formula is C25H26N2O2. The number of pyridine rings is 1. The van der Waals surface area contributed by atoms with Crippen LogP contribution in [0.1, 0.15) is 42.0 Å². The van der Waals surface area contributed by atoms with E-state index in [4.69, 9.17) is 4.74 Å². The number of aromatic nitrogens is 2. The number of nitrogens with zero attached hydrogens (tertiary/aromatic N) is 2. The average Bonchev–Trinajstić information content (AvgIpc) is 3.08. The molecule has 4 heteroatoms. The van der Waals surface area contributed by atoms with E-state index in [9.17, 15) is 4.79 Å². The summed E-state index contributed by atoms with van der Waals surface area (Å²) < 4.78 is 7.59. The highest BCUT2D eigenvalue weighted by Gasteiger charge is 2.21. The van der Waals surface area contributed by atoms with Crippen molar-refractivity contribution >= 4 is 27.8 Å². The van der Waals surface area contributed by atoms with Crippen LogP contribution in [0.3, 0.4) is 0 Å². The van der Waals surface area contributed by atoms with Crippen molar-refractivity contribution in [3.05, 3.63) is 77.6 Å². The number of para-hydroxylation sites is 1. The zero-order valence-corrected chi connectivity index (χ0v) is 17.0. The maximum absolute atomic E-state index is 12.8. The molecular weight excluding hydrogens is 360 g/mol. The van der Waals surface area contributed by atoms with Crippen molar-refractivity contribution in [1.29, 1.82) is 0 Å². The predicted molar refractivity (Wildman–Crippen MR) is 117 cm³/mol. The fourth-order valence-corrected chi connectivity index (χ4v) is 3.97. The monoisotopic (exact) mass is 386 g/mol. The van der Waals surface area contributed by atoms with E-state index in [1.165, 1.54) is 5.56 Å². The SMILES string of the molecule is CCOC(=O)c1nc(CC)cc2c3ccccc3n(CCCc3ccccc3)c12. The third-order valence-corrected chi connectivity index (χ3v) is 5.32. The first kappa shape index (κ1) is 19.2. The van der Waals surface area contributed by atoms with Gasteiger partial charge >= 0.3 is 5.97 Å². The van der Waals surface area contributed by atoms with Crippen molar-refractivity contribution in [2.45, 2.75) is 39.7 Å². The molecule has 148 valence electrons. The molecule has 0 fully saturated rings. The quantitative estimate of drug-likeness (QED) is 0.391. The largest absolute Gasteiger partial charge is 0.461 e. The van der Waals surface area contributed by atoms with E-state index in [2.05, 4.69) is 58.9 Å². The van der Waals surface area contributed by atoms with Crippen molar-refractivity contribution in [3.63, 3.8) is 0 Å². The fraction of sp³-hybridized carbons (Fsp3) is 0.280. The van der Waals surface area contributed by atoms with Crippen LogP contribution in [-0.4, -0.2) is 22.1 Å². The lowest BCUT2D eigenvalue weighted by molar-refractivity contribution is 0.0521. The fourth-order valence-electron chi connectivity index (χ4n) is 3.97. The van der Waals surface area contributed by atoms with E-state index >= 15 is 0 Å². The second-order valence-corrected chi connectivity index (χ2v) is 7.19. The number of hydrogen-bond donors (Lipinski definition) is 0. The average molecular weight is 386 g/mol. The van der Waals surface area contributed by atoms with Gasteiger partial charge in [-0.05, 0) is 43.9 Å². The first-order valence-corrected chi connectivity index (χ1v) is 10.3. The van der Waals surface area contributed by atoms with Crippen LogP contribution >= 0.6 is 0 Å². The van der Waals surface area contributed by atoms with E-state index < -0.39 is 0 Å². The summed E-state index contributed by atoms with van der Waals surface area (Å²) in [5.41, 5.74) is 4.68. The van der Waals surface area contributed by atoms with Gasteiger partial charge in [-0.3, -0.25) is 0 Å². The number of rotatable bonds is 7. The molecule has 0 saturated heterocycles. The molecule has 4 aromatic rings. The van der Waals surface area contributed by atoms with Gasteiger partial charge in [0.25, 0.3) is 0 Å². The summed E-state index contributed by atoms with van der Waals surface area (Å²) in [6.45, 7) is 5.04. The van der Waals surface area contributed by atoms with Crippen LogP contribution in [0.5, 0.6) is 0 Å². The van der Waals surface area contributed by atoms with Gasteiger partial charge in [-0.2, -0.15) is 0 Å². The molecule has 2 aromatic carbocycles. The summed E-state index contributed by atoms with van der Waals surface area (Å²) in [6.07, 6.45) is 2.75. The standard InChI is InChI=1S/C25H26N2O2/c1-3-19-17-21-20-14-8-9-15-22(20)27(16-10-13-18-11-6-5-7-12-18)24(21)23(26-19)25(28)29-4-2/h5-9,11-12,14-15,17H,3-4,10,13,16H2,1-2H3. The molecule has 2 heterocycles. The Morgan fingerprint density at radius 3 is 2.52 bits per heavy atom. The van der Waals surface area contributed by atoms with Crippen LogP contribution in [0.25, 0.3) is 21.8 Å². The van der Waals surface area contributed by atoms with Crippen molar-refractivity contribution in [3.8, 4) is 0 Å². The minimum atomic E-state index is -0.347. The van der Waals surface area contributed by atoms with Gasteiger partial charge in [0.2, 0.25) is 0 Å². The molecule has 29 heavy (non-hydrogen) atoms. The van der Waals surface area contributed by atoms with E-state index in [0.29, 0.717) is 12.3 Å². The molecule has 0 unspecified atom stereocenters. The normalized spacial score (nSPS) is 11.2. The molecule has 0 radical (unpaired) electrons. The van der Waals surface area contributed by atoms with Crippen molar-refractivity contribution in [1.82, 2.24) is 9.55 Å². The van der Waals surface area contributed by atoms with E-state index in [-0.39, 0.29) is 5.97 Å². The van der Waals surface area contributed by atoms with Crippen LogP contribution in [0.2, 0.25) is 0 Å². The van der Waals surface area contributed by atoms with Gasteiger partial charge < -0.3 is 9.30 Å². The minimum absolute atomic E-state index is 0.340. The number of ether oxygens (including phenoxy) is 1. The smallest absolute Gasteiger partial charge is 0.359 e. The third-order valence-electron chi connectivity index (χ3n) is 5.32. The maximum Gasteiger partial charge on any atom is 0.359 e. The minimum Gasteiger partial charge on any atom is -0.461 e. The molecule has 0 amide bonds. The van der Waals surface area contributed by atoms with Crippen LogP contribution in [0.4, 0.5) is 0 Å². The Labute approximate surface area is 171 Å². The zero-order chi connectivity index (χ0) is 20.2. The Morgan fingerprint density at radius 1 is 1.00 bits per heavy atom. The van der Waals surface area contributed by atoms with Crippen LogP contribution < -0.4 is 0 Å². The maximum atomic E-state index is 12.8. The van der Waals surface area contributed by atoms with Crippen molar-refractivity contribution in [2.24, 2.45) is 0 Å².